The third-order valence-electron chi connectivity index (χ3n) is 5.17. The Bertz CT molecular complexity index is 888. The van der Waals surface area contributed by atoms with Crippen molar-refractivity contribution in [2.75, 3.05) is 31.1 Å². The first-order chi connectivity index (χ1) is 13.2. The van der Waals surface area contributed by atoms with Gasteiger partial charge in [0.2, 0.25) is 0 Å². The number of rotatable bonds is 3. The van der Waals surface area contributed by atoms with Gasteiger partial charge in [0.15, 0.2) is 6.10 Å². The summed E-state index contributed by atoms with van der Waals surface area (Å²) in [7, 11) is 0. The lowest BCUT2D eigenvalue weighted by Gasteiger charge is -2.38. The molecule has 140 valence electrons. The zero-order chi connectivity index (χ0) is 18.8. The van der Waals surface area contributed by atoms with Crippen LogP contribution >= 0.6 is 0 Å². The van der Waals surface area contributed by atoms with Crippen LogP contribution in [0.15, 0.2) is 30.5 Å². The van der Waals surface area contributed by atoms with Crippen LogP contribution in [0, 0.1) is 11.3 Å². The molecule has 3 heterocycles. The number of nitrogens with one attached hydrogen (secondary N) is 2. The van der Waals surface area contributed by atoms with E-state index >= 15 is 0 Å². The number of morpholine rings is 1. The number of carbonyl (C=O) groups excluding carboxylic acids is 1. The van der Waals surface area contributed by atoms with Gasteiger partial charge in [-0.2, -0.15) is 5.26 Å². The standard InChI is InChI=1S/C20H23N5O2/c1-13-11-25(12-18(27-13)20(26)24-15-6-8-22-10-15)17-5-4-14(9-21)19-16(17)3-2-7-23-19/h2-5,7,13,15,18,22H,6,8,10-12H2,1H3,(H,24,26)/t13-,15+,18-/m1/s1. The van der Waals surface area contributed by atoms with Gasteiger partial charge < -0.3 is 20.3 Å². The van der Waals surface area contributed by atoms with E-state index in [-0.39, 0.29) is 18.1 Å². The van der Waals surface area contributed by atoms with Crippen molar-refractivity contribution < 1.29 is 9.53 Å². The molecule has 2 fully saturated rings. The van der Waals surface area contributed by atoms with Crippen LogP contribution in [0.3, 0.4) is 0 Å². The highest BCUT2D eigenvalue weighted by Gasteiger charge is 2.32. The molecule has 0 unspecified atom stereocenters. The number of fused-ring (bicyclic) bond motifs is 1. The summed E-state index contributed by atoms with van der Waals surface area (Å²) >= 11 is 0. The summed E-state index contributed by atoms with van der Waals surface area (Å²) in [4.78, 5) is 19.2. The van der Waals surface area contributed by atoms with Crippen LogP contribution in [-0.2, 0) is 9.53 Å². The Morgan fingerprint density at radius 2 is 2.30 bits per heavy atom. The Labute approximate surface area is 158 Å². The van der Waals surface area contributed by atoms with Gasteiger partial charge in [0.25, 0.3) is 5.91 Å². The number of ether oxygens (including phenoxy) is 1. The minimum absolute atomic E-state index is 0.0590. The number of amides is 1. The number of carbonyl (C=O) groups is 1. The van der Waals surface area contributed by atoms with Crippen LogP contribution in [0.25, 0.3) is 10.9 Å². The second-order valence-electron chi connectivity index (χ2n) is 7.18. The first kappa shape index (κ1) is 17.7. The molecule has 0 saturated carbocycles. The van der Waals surface area contributed by atoms with Crippen LogP contribution in [0.2, 0.25) is 0 Å². The van der Waals surface area contributed by atoms with Gasteiger partial charge in [-0.3, -0.25) is 9.78 Å². The number of aromatic nitrogens is 1. The topological polar surface area (TPSA) is 90.3 Å². The first-order valence-corrected chi connectivity index (χ1v) is 9.35. The Morgan fingerprint density at radius 3 is 3.07 bits per heavy atom. The highest BCUT2D eigenvalue weighted by atomic mass is 16.5. The predicted octanol–water partition coefficient (Wildman–Crippen LogP) is 1.18. The van der Waals surface area contributed by atoms with Crippen molar-refractivity contribution in [2.24, 2.45) is 0 Å². The number of benzene rings is 1. The Kier molecular flexibility index (Phi) is 4.92. The van der Waals surface area contributed by atoms with Gasteiger partial charge in [0.1, 0.15) is 6.07 Å². The molecule has 0 radical (unpaired) electrons. The minimum Gasteiger partial charge on any atom is -0.365 e. The highest BCUT2D eigenvalue weighted by molar-refractivity contribution is 5.95. The van der Waals surface area contributed by atoms with Crippen LogP contribution in [0.5, 0.6) is 0 Å². The molecular formula is C20H23N5O2. The number of nitrogens with zero attached hydrogens (tertiary/aromatic N) is 3. The van der Waals surface area contributed by atoms with E-state index in [1.165, 1.54) is 0 Å². The van der Waals surface area contributed by atoms with E-state index in [0.717, 1.165) is 30.6 Å². The maximum Gasteiger partial charge on any atom is 0.251 e. The second-order valence-corrected chi connectivity index (χ2v) is 7.18. The lowest BCUT2D eigenvalue weighted by Crippen LogP contribution is -2.54. The van der Waals surface area contributed by atoms with Gasteiger partial charge in [-0.1, -0.05) is 0 Å². The fraction of sp³-hybridized carbons (Fsp3) is 0.450. The van der Waals surface area contributed by atoms with Crippen molar-refractivity contribution in [3.63, 3.8) is 0 Å². The molecule has 2 aliphatic rings. The summed E-state index contributed by atoms with van der Waals surface area (Å²) in [5, 5.41) is 16.6. The molecule has 2 aromatic rings. The molecule has 0 aliphatic carbocycles. The molecule has 4 rings (SSSR count). The maximum atomic E-state index is 12.7. The number of hydrogen-bond donors (Lipinski definition) is 2. The summed E-state index contributed by atoms with van der Waals surface area (Å²) in [5.74, 6) is -0.0590. The maximum absolute atomic E-state index is 12.7. The molecule has 1 aromatic carbocycles. The van der Waals surface area contributed by atoms with Crippen molar-refractivity contribution in [2.45, 2.75) is 31.6 Å². The van der Waals surface area contributed by atoms with E-state index in [1.54, 1.807) is 12.3 Å². The normalized spacial score (nSPS) is 25.3. The lowest BCUT2D eigenvalue weighted by molar-refractivity contribution is -0.137. The van der Waals surface area contributed by atoms with Crippen molar-refractivity contribution in [1.82, 2.24) is 15.6 Å². The fourth-order valence-corrected chi connectivity index (χ4v) is 3.89. The first-order valence-electron chi connectivity index (χ1n) is 9.35. The average Bonchev–Trinajstić information content (AvgIpc) is 3.19. The monoisotopic (exact) mass is 365 g/mol. The molecule has 2 aliphatic heterocycles. The molecule has 7 heteroatoms. The Hall–Kier alpha value is -2.69. The van der Waals surface area contributed by atoms with E-state index in [2.05, 4.69) is 26.6 Å². The lowest BCUT2D eigenvalue weighted by atomic mass is 10.1. The van der Waals surface area contributed by atoms with Gasteiger partial charge in [-0.05, 0) is 44.2 Å². The second kappa shape index (κ2) is 7.51. The molecule has 1 aromatic heterocycles. The smallest absolute Gasteiger partial charge is 0.251 e. The Morgan fingerprint density at radius 1 is 1.41 bits per heavy atom. The average molecular weight is 365 g/mol. The third-order valence-corrected chi connectivity index (χ3v) is 5.17. The summed E-state index contributed by atoms with van der Waals surface area (Å²) in [6, 6.07) is 9.95. The molecule has 2 saturated heterocycles. The van der Waals surface area contributed by atoms with Gasteiger partial charge >= 0.3 is 0 Å². The zero-order valence-electron chi connectivity index (χ0n) is 15.3. The third kappa shape index (κ3) is 3.59. The number of anilines is 1. The fourth-order valence-electron chi connectivity index (χ4n) is 3.89. The largest absolute Gasteiger partial charge is 0.365 e. The van der Waals surface area contributed by atoms with Crippen LogP contribution < -0.4 is 15.5 Å². The van der Waals surface area contributed by atoms with Gasteiger partial charge in [0, 0.05) is 36.4 Å². The van der Waals surface area contributed by atoms with Gasteiger partial charge in [0.05, 0.1) is 23.7 Å². The number of hydrogen-bond acceptors (Lipinski definition) is 6. The zero-order valence-corrected chi connectivity index (χ0v) is 15.3. The van der Waals surface area contributed by atoms with Gasteiger partial charge in [-0.15, -0.1) is 0 Å². The van der Waals surface area contributed by atoms with E-state index in [9.17, 15) is 10.1 Å². The molecule has 0 bridgehead atoms. The summed E-state index contributed by atoms with van der Waals surface area (Å²) in [6.07, 6.45) is 2.06. The summed E-state index contributed by atoms with van der Waals surface area (Å²) in [6.45, 7) is 4.89. The summed E-state index contributed by atoms with van der Waals surface area (Å²) in [5.41, 5.74) is 2.22. The van der Waals surface area contributed by atoms with Crippen molar-refractivity contribution >= 4 is 22.5 Å². The molecule has 2 N–H and O–H groups in total. The van der Waals surface area contributed by atoms with E-state index in [0.29, 0.717) is 24.2 Å². The molecule has 7 nitrogen and oxygen atoms in total. The van der Waals surface area contributed by atoms with Crippen molar-refractivity contribution in [3.05, 3.63) is 36.0 Å². The molecule has 27 heavy (non-hydrogen) atoms. The van der Waals surface area contributed by atoms with E-state index in [1.807, 2.05) is 25.1 Å². The van der Waals surface area contributed by atoms with E-state index < -0.39 is 6.10 Å². The minimum atomic E-state index is -0.517. The molecule has 1 amide bonds. The highest BCUT2D eigenvalue weighted by Crippen LogP contribution is 2.30. The summed E-state index contributed by atoms with van der Waals surface area (Å²) < 4.78 is 5.92. The van der Waals surface area contributed by atoms with Gasteiger partial charge in [-0.25, -0.2) is 0 Å². The molecule has 3 atom stereocenters. The van der Waals surface area contributed by atoms with E-state index in [4.69, 9.17) is 4.74 Å². The molecule has 0 spiro atoms. The quantitative estimate of drug-likeness (QED) is 0.849. The van der Waals surface area contributed by atoms with Crippen molar-refractivity contribution in [3.8, 4) is 6.07 Å². The SMILES string of the molecule is C[C@@H]1CN(c2ccc(C#N)c3ncccc23)C[C@H](C(=O)N[C@H]2CCNC2)O1. The van der Waals surface area contributed by atoms with Crippen LogP contribution in [0.1, 0.15) is 18.9 Å². The van der Waals surface area contributed by atoms with Crippen molar-refractivity contribution in [1.29, 1.82) is 5.26 Å². The van der Waals surface area contributed by atoms with Crippen LogP contribution in [0.4, 0.5) is 5.69 Å². The molecular weight excluding hydrogens is 342 g/mol. The van der Waals surface area contributed by atoms with Crippen LogP contribution in [-0.4, -0.2) is 55.3 Å². The number of pyridine rings is 1. The number of nitriles is 1. The Balaban J connectivity index is 1.59. The predicted molar refractivity (Wildman–Crippen MR) is 102 cm³/mol.